The molecule has 0 amide bonds. The lowest BCUT2D eigenvalue weighted by molar-refractivity contribution is 0.669. The molecule has 0 saturated carbocycles. The van der Waals surface area contributed by atoms with Crippen molar-refractivity contribution in [3.05, 3.63) is 133 Å². The van der Waals surface area contributed by atoms with Crippen molar-refractivity contribution in [1.82, 2.24) is 0 Å². The Hall–Kier alpha value is -5.17. The van der Waals surface area contributed by atoms with Gasteiger partial charge in [-0.1, -0.05) is 84.9 Å². The monoisotopic (exact) mass is 527 g/mol. The lowest BCUT2D eigenvalue weighted by Crippen LogP contribution is -1.93. The maximum absolute atomic E-state index is 10.5. The first-order valence-electron chi connectivity index (χ1n) is 13.2. The zero-order valence-electron chi connectivity index (χ0n) is 21.4. The van der Waals surface area contributed by atoms with E-state index in [0.29, 0.717) is 5.56 Å². The molecule has 0 aliphatic rings. The Balaban J connectivity index is 1.44. The molecule has 0 spiro atoms. The molecule has 0 N–H and O–H groups in total. The molecule has 0 radical (unpaired) electrons. The third kappa shape index (κ3) is 3.48. The molecule has 40 heavy (non-hydrogen) atoms. The molecule has 0 bridgehead atoms. The average molecular weight is 528 g/mol. The molecule has 0 aliphatic heterocycles. The number of fused-ring (bicyclic) bond motifs is 6. The van der Waals surface area contributed by atoms with Crippen LogP contribution < -0.4 is 0 Å². The molecule has 6 aromatic carbocycles. The Morgan fingerprint density at radius 1 is 0.500 bits per heavy atom. The lowest BCUT2D eigenvalue weighted by atomic mass is 9.87. The summed E-state index contributed by atoms with van der Waals surface area (Å²) in [5.41, 5.74) is 8.42. The summed E-state index contributed by atoms with van der Waals surface area (Å²) in [5, 5.41) is 15.2. The zero-order valence-corrected chi connectivity index (χ0v) is 22.2. The van der Waals surface area contributed by atoms with Gasteiger partial charge in [-0.15, -0.1) is 11.3 Å². The standard InChI is InChI=1S/C37H21NOS/c38-22-32-30(23-9-2-1-3-10-23)19-25(26-13-8-16-36-37(26)29-12-5-7-15-35(29)40-36)20-31(32)24-17-18-28-27-11-4-6-14-33(27)39-34(28)21-24/h1-21H. The van der Waals surface area contributed by atoms with E-state index in [2.05, 4.69) is 97.1 Å². The number of furan rings is 1. The van der Waals surface area contributed by atoms with Crippen molar-refractivity contribution in [3.8, 4) is 39.4 Å². The molecule has 0 saturated heterocycles. The number of hydrogen-bond donors (Lipinski definition) is 0. The van der Waals surface area contributed by atoms with Gasteiger partial charge in [-0.05, 0) is 64.7 Å². The number of para-hydroxylation sites is 1. The van der Waals surface area contributed by atoms with E-state index in [1.54, 1.807) is 0 Å². The molecular formula is C37H21NOS. The van der Waals surface area contributed by atoms with Crippen LogP contribution in [0.4, 0.5) is 0 Å². The van der Waals surface area contributed by atoms with Gasteiger partial charge in [0.05, 0.1) is 5.56 Å². The van der Waals surface area contributed by atoms with E-state index in [-0.39, 0.29) is 0 Å². The second kappa shape index (κ2) is 8.95. The van der Waals surface area contributed by atoms with Crippen molar-refractivity contribution in [2.24, 2.45) is 0 Å². The predicted molar refractivity (Wildman–Crippen MR) is 168 cm³/mol. The minimum absolute atomic E-state index is 0.660. The highest BCUT2D eigenvalue weighted by molar-refractivity contribution is 7.25. The van der Waals surface area contributed by atoms with E-state index in [0.717, 1.165) is 49.8 Å². The largest absolute Gasteiger partial charge is 0.456 e. The van der Waals surface area contributed by atoms with E-state index in [4.69, 9.17) is 4.42 Å². The first-order chi connectivity index (χ1) is 19.8. The molecule has 8 aromatic rings. The number of nitrogens with zero attached hydrogens (tertiary/aromatic N) is 1. The molecule has 186 valence electrons. The van der Waals surface area contributed by atoms with Crippen molar-refractivity contribution in [2.75, 3.05) is 0 Å². The van der Waals surface area contributed by atoms with Gasteiger partial charge in [0.2, 0.25) is 0 Å². The van der Waals surface area contributed by atoms with Crippen molar-refractivity contribution >= 4 is 53.4 Å². The molecule has 0 fully saturated rings. The SMILES string of the molecule is N#Cc1c(-c2ccccc2)cc(-c2cccc3sc4ccccc4c23)cc1-c1ccc2c(c1)oc1ccccc12. The van der Waals surface area contributed by atoms with Gasteiger partial charge in [0.15, 0.2) is 0 Å². The van der Waals surface area contributed by atoms with Crippen LogP contribution in [-0.4, -0.2) is 0 Å². The van der Waals surface area contributed by atoms with Crippen molar-refractivity contribution < 1.29 is 4.42 Å². The van der Waals surface area contributed by atoms with Crippen molar-refractivity contribution in [2.45, 2.75) is 0 Å². The van der Waals surface area contributed by atoms with E-state index < -0.39 is 0 Å². The molecular weight excluding hydrogens is 506 g/mol. The highest BCUT2D eigenvalue weighted by Crippen LogP contribution is 2.44. The van der Waals surface area contributed by atoms with Crippen molar-refractivity contribution in [1.29, 1.82) is 5.26 Å². The first kappa shape index (κ1) is 22.8. The maximum Gasteiger partial charge on any atom is 0.136 e. The number of nitriles is 1. The third-order valence-corrected chi connectivity index (χ3v) is 8.87. The summed E-state index contributed by atoms with van der Waals surface area (Å²) in [6, 6.07) is 46.6. The Bertz CT molecular complexity index is 2280. The smallest absolute Gasteiger partial charge is 0.136 e. The minimum atomic E-state index is 0.660. The summed E-state index contributed by atoms with van der Waals surface area (Å²) in [6.45, 7) is 0. The van der Waals surface area contributed by atoms with Gasteiger partial charge in [-0.2, -0.15) is 5.26 Å². The fourth-order valence-corrected chi connectivity index (χ4v) is 7.03. The van der Waals surface area contributed by atoms with Gasteiger partial charge in [-0.3, -0.25) is 0 Å². The summed E-state index contributed by atoms with van der Waals surface area (Å²) in [6.07, 6.45) is 0. The Kier molecular flexibility index (Phi) is 5.10. The summed E-state index contributed by atoms with van der Waals surface area (Å²) in [5.74, 6) is 0. The highest BCUT2D eigenvalue weighted by Gasteiger charge is 2.19. The predicted octanol–water partition coefficient (Wildman–Crippen LogP) is 10.8. The Morgan fingerprint density at radius 2 is 1.20 bits per heavy atom. The number of hydrogen-bond acceptors (Lipinski definition) is 3. The Labute approximate surface area is 235 Å². The first-order valence-corrected chi connectivity index (χ1v) is 14.1. The summed E-state index contributed by atoms with van der Waals surface area (Å²) < 4.78 is 8.77. The van der Waals surface area contributed by atoms with Crippen LogP contribution in [0.1, 0.15) is 5.56 Å². The van der Waals surface area contributed by atoms with Gasteiger partial charge in [0.1, 0.15) is 17.2 Å². The second-order valence-corrected chi connectivity index (χ2v) is 11.1. The highest BCUT2D eigenvalue weighted by atomic mass is 32.1. The molecule has 3 heteroatoms. The van der Waals surface area contributed by atoms with E-state index in [9.17, 15) is 5.26 Å². The van der Waals surface area contributed by atoms with E-state index in [1.165, 1.54) is 25.7 Å². The van der Waals surface area contributed by atoms with Crippen LogP contribution in [0.3, 0.4) is 0 Å². The van der Waals surface area contributed by atoms with E-state index in [1.807, 2.05) is 47.7 Å². The molecule has 0 aliphatic carbocycles. The van der Waals surface area contributed by atoms with Crippen LogP contribution in [0.5, 0.6) is 0 Å². The summed E-state index contributed by atoms with van der Waals surface area (Å²) in [7, 11) is 0. The summed E-state index contributed by atoms with van der Waals surface area (Å²) >= 11 is 1.82. The van der Waals surface area contributed by atoms with Crippen LogP contribution in [0.2, 0.25) is 0 Å². The van der Waals surface area contributed by atoms with Gasteiger partial charge < -0.3 is 4.42 Å². The number of thiophene rings is 1. The normalized spacial score (nSPS) is 11.5. The van der Waals surface area contributed by atoms with Crippen LogP contribution in [0, 0.1) is 11.3 Å². The molecule has 2 heterocycles. The average Bonchev–Trinajstić information content (AvgIpc) is 3.58. The topological polar surface area (TPSA) is 36.9 Å². The fraction of sp³-hybridized carbons (Fsp3) is 0. The fourth-order valence-electron chi connectivity index (χ4n) is 5.90. The van der Waals surface area contributed by atoms with Crippen molar-refractivity contribution in [3.63, 3.8) is 0 Å². The minimum Gasteiger partial charge on any atom is -0.456 e. The van der Waals surface area contributed by atoms with Gasteiger partial charge in [-0.25, -0.2) is 0 Å². The molecule has 0 atom stereocenters. The molecule has 2 aromatic heterocycles. The quantitative estimate of drug-likeness (QED) is 0.229. The molecule has 8 rings (SSSR count). The van der Waals surface area contributed by atoms with Gasteiger partial charge in [0.25, 0.3) is 0 Å². The van der Waals surface area contributed by atoms with Crippen LogP contribution >= 0.6 is 11.3 Å². The van der Waals surface area contributed by atoms with Crippen LogP contribution in [-0.2, 0) is 0 Å². The lowest BCUT2D eigenvalue weighted by Gasteiger charge is -2.15. The number of benzene rings is 6. The van der Waals surface area contributed by atoms with Gasteiger partial charge >= 0.3 is 0 Å². The third-order valence-electron chi connectivity index (χ3n) is 7.74. The van der Waals surface area contributed by atoms with Crippen LogP contribution in [0.25, 0.3) is 75.5 Å². The van der Waals surface area contributed by atoms with Gasteiger partial charge in [0, 0.05) is 42.1 Å². The molecule has 2 nitrogen and oxygen atoms in total. The second-order valence-electron chi connectivity index (χ2n) is 10.0. The maximum atomic E-state index is 10.5. The van der Waals surface area contributed by atoms with E-state index >= 15 is 0 Å². The molecule has 0 unspecified atom stereocenters. The summed E-state index contributed by atoms with van der Waals surface area (Å²) in [4.78, 5) is 0. The number of rotatable bonds is 3. The Morgan fingerprint density at radius 3 is 2.05 bits per heavy atom. The van der Waals surface area contributed by atoms with Crippen LogP contribution in [0.15, 0.2) is 132 Å². The zero-order chi connectivity index (χ0) is 26.6.